The molecule has 0 bridgehead atoms. The van der Waals surface area contributed by atoms with Crippen molar-refractivity contribution >= 4 is 17.6 Å². The number of nitrogens with zero attached hydrogens (tertiary/aromatic N) is 3. The van der Waals surface area contributed by atoms with Gasteiger partial charge in [-0.25, -0.2) is 14.5 Å². The minimum Gasteiger partial charge on any atom is -0.478 e. The van der Waals surface area contributed by atoms with Crippen molar-refractivity contribution in [1.29, 1.82) is 0 Å². The molecule has 0 fully saturated rings. The molecule has 0 saturated carbocycles. The van der Waals surface area contributed by atoms with Gasteiger partial charge in [-0.3, -0.25) is 0 Å². The van der Waals surface area contributed by atoms with Crippen LogP contribution >= 0.6 is 11.6 Å². The highest BCUT2D eigenvalue weighted by molar-refractivity contribution is 6.30. The predicted octanol–water partition coefficient (Wildman–Crippen LogP) is 3.29. The molecule has 0 amide bonds. The van der Waals surface area contributed by atoms with Crippen LogP contribution in [0.5, 0.6) is 0 Å². The molecular weight excluding hydrogens is 290 g/mol. The molecule has 0 aliphatic carbocycles. The lowest BCUT2D eigenvalue weighted by Crippen LogP contribution is -1.97. The molecule has 1 aromatic carbocycles. The van der Waals surface area contributed by atoms with Gasteiger partial charge in [-0.05, 0) is 24.3 Å². The summed E-state index contributed by atoms with van der Waals surface area (Å²) in [5.74, 6) is -0.484. The van der Waals surface area contributed by atoms with Gasteiger partial charge < -0.3 is 5.11 Å². The molecule has 21 heavy (non-hydrogen) atoms. The van der Waals surface area contributed by atoms with Gasteiger partial charge >= 0.3 is 5.97 Å². The quantitative estimate of drug-likeness (QED) is 0.806. The molecule has 3 rings (SSSR count). The number of rotatable bonds is 3. The number of benzene rings is 1. The Bertz CT molecular complexity index is 782. The van der Waals surface area contributed by atoms with Crippen LogP contribution in [0.15, 0.2) is 54.9 Å². The first-order valence-electron chi connectivity index (χ1n) is 6.15. The molecule has 0 saturated heterocycles. The average molecular weight is 300 g/mol. The molecule has 5 nitrogen and oxygen atoms in total. The second-order valence-electron chi connectivity index (χ2n) is 4.34. The maximum Gasteiger partial charge on any atom is 0.339 e. The van der Waals surface area contributed by atoms with Gasteiger partial charge in [0.15, 0.2) is 5.82 Å². The largest absolute Gasteiger partial charge is 0.478 e. The molecule has 0 unspecified atom stereocenters. The fourth-order valence-electron chi connectivity index (χ4n) is 1.96. The van der Waals surface area contributed by atoms with Crippen molar-refractivity contribution in [2.45, 2.75) is 0 Å². The van der Waals surface area contributed by atoms with Crippen LogP contribution in [0.25, 0.3) is 17.1 Å². The third-order valence-corrected chi connectivity index (χ3v) is 3.20. The molecule has 6 heteroatoms. The van der Waals surface area contributed by atoms with Gasteiger partial charge in [0.25, 0.3) is 0 Å². The molecule has 0 radical (unpaired) electrons. The van der Waals surface area contributed by atoms with Crippen LogP contribution in [0.1, 0.15) is 10.4 Å². The Morgan fingerprint density at radius 3 is 2.52 bits per heavy atom. The first-order valence-corrected chi connectivity index (χ1v) is 6.53. The van der Waals surface area contributed by atoms with Gasteiger partial charge in [-0.2, -0.15) is 5.10 Å². The summed E-state index contributed by atoms with van der Waals surface area (Å²) in [5, 5.41) is 14.3. The van der Waals surface area contributed by atoms with E-state index in [1.165, 1.54) is 10.9 Å². The number of hydrogen-bond acceptors (Lipinski definition) is 3. The summed E-state index contributed by atoms with van der Waals surface area (Å²) in [6.45, 7) is 0. The van der Waals surface area contributed by atoms with Gasteiger partial charge in [0.05, 0.1) is 0 Å². The minimum atomic E-state index is -1.04. The van der Waals surface area contributed by atoms with Crippen molar-refractivity contribution in [2.75, 3.05) is 0 Å². The van der Waals surface area contributed by atoms with E-state index in [2.05, 4.69) is 10.1 Å². The van der Waals surface area contributed by atoms with Gasteiger partial charge in [0.1, 0.15) is 11.3 Å². The van der Waals surface area contributed by atoms with E-state index in [1.54, 1.807) is 42.6 Å². The normalized spacial score (nSPS) is 10.5. The number of aromatic carboxylic acids is 1. The molecule has 1 N–H and O–H groups in total. The Kier molecular flexibility index (Phi) is 3.41. The number of halogens is 1. The molecule has 0 aliphatic heterocycles. The average Bonchev–Trinajstić information content (AvgIpc) is 2.94. The Morgan fingerprint density at radius 2 is 1.90 bits per heavy atom. The lowest BCUT2D eigenvalue weighted by atomic mass is 10.1. The van der Waals surface area contributed by atoms with Crippen LogP contribution in [0.2, 0.25) is 5.02 Å². The highest BCUT2D eigenvalue weighted by Crippen LogP contribution is 2.24. The first kappa shape index (κ1) is 13.3. The first-order chi connectivity index (χ1) is 10.1. The van der Waals surface area contributed by atoms with Crippen molar-refractivity contribution < 1.29 is 9.90 Å². The predicted molar refractivity (Wildman–Crippen MR) is 78.8 cm³/mol. The summed E-state index contributed by atoms with van der Waals surface area (Å²) in [6.07, 6.45) is 3.08. The molecule has 2 heterocycles. The number of carbonyl (C=O) groups is 1. The topological polar surface area (TPSA) is 68.0 Å². The molecule has 3 aromatic rings. The van der Waals surface area contributed by atoms with Crippen molar-refractivity contribution in [2.24, 2.45) is 0 Å². The Balaban J connectivity index is 2.14. The van der Waals surface area contributed by atoms with Gasteiger partial charge in [-0.15, -0.1) is 0 Å². The summed E-state index contributed by atoms with van der Waals surface area (Å²) in [4.78, 5) is 15.6. The molecule has 0 spiro atoms. The van der Waals surface area contributed by atoms with E-state index in [0.717, 1.165) is 0 Å². The highest BCUT2D eigenvalue weighted by Gasteiger charge is 2.18. The fraction of sp³-hybridized carbons (Fsp3) is 0. The molecule has 104 valence electrons. The minimum absolute atomic E-state index is 0.114. The smallest absolute Gasteiger partial charge is 0.339 e. The zero-order chi connectivity index (χ0) is 14.8. The number of aromatic nitrogens is 3. The van der Waals surface area contributed by atoms with Crippen LogP contribution in [0.4, 0.5) is 0 Å². The zero-order valence-electron chi connectivity index (χ0n) is 10.8. The summed E-state index contributed by atoms with van der Waals surface area (Å²) in [5.41, 5.74) is 1.18. The third-order valence-electron chi connectivity index (χ3n) is 2.95. The lowest BCUT2D eigenvalue weighted by Gasteiger charge is -2.00. The van der Waals surface area contributed by atoms with E-state index in [1.807, 2.05) is 6.07 Å². The van der Waals surface area contributed by atoms with Crippen LogP contribution < -0.4 is 0 Å². The summed E-state index contributed by atoms with van der Waals surface area (Å²) in [7, 11) is 0. The zero-order valence-corrected chi connectivity index (χ0v) is 11.5. The maximum absolute atomic E-state index is 11.4. The fourth-order valence-corrected chi connectivity index (χ4v) is 2.08. The van der Waals surface area contributed by atoms with Crippen molar-refractivity contribution in [3.63, 3.8) is 0 Å². The third kappa shape index (κ3) is 2.64. The molecule has 0 atom stereocenters. The van der Waals surface area contributed by atoms with Crippen molar-refractivity contribution in [1.82, 2.24) is 14.8 Å². The SMILES string of the molecule is O=C(O)c1cn(-c2ccccn2)nc1-c1ccc(Cl)cc1. The number of hydrogen-bond donors (Lipinski definition) is 1. The van der Waals surface area contributed by atoms with Gasteiger partial charge in [0, 0.05) is 23.0 Å². The second-order valence-corrected chi connectivity index (χ2v) is 4.77. The van der Waals surface area contributed by atoms with E-state index in [-0.39, 0.29) is 5.56 Å². The maximum atomic E-state index is 11.4. The lowest BCUT2D eigenvalue weighted by molar-refractivity contribution is 0.0697. The summed E-state index contributed by atoms with van der Waals surface area (Å²) >= 11 is 5.85. The van der Waals surface area contributed by atoms with Crippen molar-refractivity contribution in [3.8, 4) is 17.1 Å². The van der Waals surface area contributed by atoms with Crippen LogP contribution in [-0.2, 0) is 0 Å². The highest BCUT2D eigenvalue weighted by atomic mass is 35.5. The van der Waals surface area contributed by atoms with E-state index in [9.17, 15) is 9.90 Å². The van der Waals surface area contributed by atoms with Crippen LogP contribution in [0, 0.1) is 0 Å². The molecular formula is C15H10ClN3O2. The number of carboxylic acid groups (broad SMARTS) is 1. The van der Waals surface area contributed by atoms with E-state index in [4.69, 9.17) is 11.6 Å². The summed E-state index contributed by atoms with van der Waals surface area (Å²) < 4.78 is 1.45. The van der Waals surface area contributed by atoms with E-state index < -0.39 is 5.97 Å². The Labute approximate surface area is 125 Å². The van der Waals surface area contributed by atoms with Crippen LogP contribution in [0.3, 0.4) is 0 Å². The summed E-state index contributed by atoms with van der Waals surface area (Å²) in [6, 6.07) is 12.2. The van der Waals surface area contributed by atoms with Gasteiger partial charge in [-0.1, -0.05) is 29.8 Å². The number of pyridine rings is 1. The van der Waals surface area contributed by atoms with E-state index >= 15 is 0 Å². The molecule has 0 aliphatic rings. The standard InChI is InChI=1S/C15H10ClN3O2/c16-11-6-4-10(5-7-11)14-12(15(20)21)9-19(18-14)13-3-1-2-8-17-13/h1-9H,(H,20,21). The Morgan fingerprint density at radius 1 is 1.14 bits per heavy atom. The number of carboxylic acids is 1. The second kappa shape index (κ2) is 5.38. The Hall–Kier alpha value is -2.66. The molecule has 2 aromatic heterocycles. The van der Waals surface area contributed by atoms with E-state index in [0.29, 0.717) is 22.1 Å². The van der Waals surface area contributed by atoms with Crippen LogP contribution in [-0.4, -0.2) is 25.8 Å². The van der Waals surface area contributed by atoms with Crippen molar-refractivity contribution in [3.05, 3.63) is 65.4 Å². The monoisotopic (exact) mass is 299 g/mol. The van der Waals surface area contributed by atoms with Gasteiger partial charge in [0.2, 0.25) is 0 Å².